The molecule has 0 aliphatic rings. The standard InChI is InChI=1S/C13H16/c1-2-3-4-5-7-10-13-11-8-6-9-12-13/h3,5-6,8-9,11-12H,2,7,10H2,1H3. The largest absolute Gasteiger partial charge is 0.130 e. The van der Waals surface area contributed by atoms with Gasteiger partial charge in [-0.3, -0.25) is 0 Å². The monoisotopic (exact) mass is 172 g/mol. The average Bonchev–Trinajstić information content (AvgIpc) is 2.19. The third kappa shape index (κ3) is 4.35. The predicted octanol–water partition coefficient (Wildman–Crippen LogP) is 3.74. The van der Waals surface area contributed by atoms with Crippen LogP contribution in [0.25, 0.3) is 0 Å². The van der Waals surface area contributed by atoms with Crippen LogP contribution in [-0.2, 0) is 6.42 Å². The van der Waals surface area contributed by atoms with Crippen LogP contribution in [0.5, 0.6) is 0 Å². The second-order valence-corrected chi connectivity index (χ2v) is 3.01. The van der Waals surface area contributed by atoms with E-state index in [2.05, 4.69) is 55.1 Å². The summed E-state index contributed by atoms with van der Waals surface area (Å²) in [6.07, 6.45) is 7.44. The fourth-order valence-corrected chi connectivity index (χ4v) is 1.17. The Labute approximate surface area is 80.6 Å². The SMILES string of the molecule is CCC=C=CCCc1ccccc1. The van der Waals surface area contributed by atoms with Gasteiger partial charge in [0.25, 0.3) is 0 Å². The highest BCUT2D eigenvalue weighted by Crippen LogP contribution is 2.02. The van der Waals surface area contributed by atoms with Crippen LogP contribution in [0.4, 0.5) is 0 Å². The Morgan fingerprint density at radius 2 is 1.92 bits per heavy atom. The van der Waals surface area contributed by atoms with E-state index in [1.165, 1.54) is 5.56 Å². The number of rotatable bonds is 4. The van der Waals surface area contributed by atoms with Crippen LogP contribution in [-0.4, -0.2) is 0 Å². The summed E-state index contributed by atoms with van der Waals surface area (Å²) in [4.78, 5) is 0. The maximum absolute atomic E-state index is 3.16. The molecule has 0 saturated heterocycles. The molecule has 0 heteroatoms. The van der Waals surface area contributed by atoms with Gasteiger partial charge in [0.05, 0.1) is 0 Å². The lowest BCUT2D eigenvalue weighted by molar-refractivity contribution is 1.00. The van der Waals surface area contributed by atoms with Gasteiger partial charge in [-0.15, -0.1) is 5.73 Å². The van der Waals surface area contributed by atoms with Gasteiger partial charge < -0.3 is 0 Å². The summed E-state index contributed by atoms with van der Waals surface area (Å²) in [5.74, 6) is 0. The smallest absolute Gasteiger partial charge is 0.0234 e. The number of allylic oxidation sites excluding steroid dienone is 1. The predicted molar refractivity (Wildman–Crippen MR) is 57.7 cm³/mol. The van der Waals surface area contributed by atoms with Gasteiger partial charge in [0.1, 0.15) is 0 Å². The topological polar surface area (TPSA) is 0 Å². The van der Waals surface area contributed by atoms with Crippen LogP contribution >= 0.6 is 0 Å². The molecule has 0 spiro atoms. The minimum atomic E-state index is 1.07. The van der Waals surface area contributed by atoms with Crippen molar-refractivity contribution in [1.29, 1.82) is 0 Å². The van der Waals surface area contributed by atoms with Crippen LogP contribution in [0.2, 0.25) is 0 Å². The molecule has 0 unspecified atom stereocenters. The molecule has 1 aromatic carbocycles. The summed E-state index contributed by atoms with van der Waals surface area (Å²) in [5.41, 5.74) is 4.56. The molecule has 0 fully saturated rings. The highest BCUT2D eigenvalue weighted by molar-refractivity contribution is 5.15. The van der Waals surface area contributed by atoms with Gasteiger partial charge in [-0.2, -0.15) is 0 Å². The lowest BCUT2D eigenvalue weighted by atomic mass is 10.1. The summed E-state index contributed by atoms with van der Waals surface area (Å²) in [6.45, 7) is 2.12. The summed E-state index contributed by atoms with van der Waals surface area (Å²) >= 11 is 0. The van der Waals surface area contributed by atoms with Crippen LogP contribution in [0.1, 0.15) is 25.3 Å². The molecule has 0 aromatic heterocycles. The fourth-order valence-electron chi connectivity index (χ4n) is 1.17. The van der Waals surface area contributed by atoms with Gasteiger partial charge in [-0.25, -0.2) is 0 Å². The Hall–Kier alpha value is -1.26. The normalized spacial score (nSPS) is 9.00. The highest BCUT2D eigenvalue weighted by atomic mass is 13.9. The Morgan fingerprint density at radius 1 is 1.15 bits per heavy atom. The first-order valence-corrected chi connectivity index (χ1v) is 4.87. The van der Waals surface area contributed by atoms with Crippen LogP contribution in [0.15, 0.2) is 48.2 Å². The Balaban J connectivity index is 2.32. The Morgan fingerprint density at radius 3 is 2.62 bits per heavy atom. The number of benzene rings is 1. The molecular weight excluding hydrogens is 156 g/mol. The Bertz CT molecular complexity index is 276. The van der Waals surface area contributed by atoms with Gasteiger partial charge in [-0.05, 0) is 37.0 Å². The molecule has 0 aliphatic carbocycles. The van der Waals surface area contributed by atoms with Crippen molar-refractivity contribution >= 4 is 0 Å². The van der Waals surface area contributed by atoms with Crippen molar-refractivity contribution in [2.24, 2.45) is 0 Å². The first-order valence-electron chi connectivity index (χ1n) is 4.87. The molecule has 0 saturated carbocycles. The first-order chi connectivity index (χ1) is 6.43. The van der Waals surface area contributed by atoms with Crippen LogP contribution in [0, 0.1) is 0 Å². The lowest BCUT2D eigenvalue weighted by Crippen LogP contribution is -1.80. The van der Waals surface area contributed by atoms with E-state index < -0.39 is 0 Å². The van der Waals surface area contributed by atoms with E-state index in [4.69, 9.17) is 0 Å². The van der Waals surface area contributed by atoms with Gasteiger partial charge in [0.2, 0.25) is 0 Å². The minimum absolute atomic E-state index is 1.07. The number of aryl methyl sites for hydroxylation is 1. The van der Waals surface area contributed by atoms with Crippen molar-refractivity contribution in [1.82, 2.24) is 0 Å². The molecule has 0 aliphatic heterocycles. The van der Waals surface area contributed by atoms with E-state index in [1.807, 2.05) is 0 Å². The van der Waals surface area contributed by atoms with Gasteiger partial charge >= 0.3 is 0 Å². The van der Waals surface area contributed by atoms with Crippen molar-refractivity contribution in [3.8, 4) is 0 Å². The number of hydrogen-bond acceptors (Lipinski definition) is 0. The summed E-state index contributed by atoms with van der Waals surface area (Å²) in [7, 11) is 0. The zero-order valence-corrected chi connectivity index (χ0v) is 8.16. The molecule has 0 heterocycles. The molecule has 0 amide bonds. The second-order valence-electron chi connectivity index (χ2n) is 3.01. The maximum atomic E-state index is 3.16. The molecule has 0 atom stereocenters. The second kappa shape index (κ2) is 6.28. The third-order valence-electron chi connectivity index (χ3n) is 1.86. The quantitative estimate of drug-likeness (QED) is 0.607. The van der Waals surface area contributed by atoms with Crippen molar-refractivity contribution in [2.45, 2.75) is 26.2 Å². The molecule has 0 radical (unpaired) electrons. The minimum Gasteiger partial charge on any atom is -0.130 e. The third-order valence-corrected chi connectivity index (χ3v) is 1.86. The van der Waals surface area contributed by atoms with Gasteiger partial charge in [-0.1, -0.05) is 37.3 Å². The first kappa shape index (κ1) is 9.83. The molecule has 13 heavy (non-hydrogen) atoms. The van der Waals surface area contributed by atoms with Crippen molar-refractivity contribution < 1.29 is 0 Å². The zero-order valence-electron chi connectivity index (χ0n) is 8.16. The van der Waals surface area contributed by atoms with Crippen molar-refractivity contribution in [3.63, 3.8) is 0 Å². The zero-order chi connectivity index (χ0) is 9.36. The van der Waals surface area contributed by atoms with Gasteiger partial charge in [0, 0.05) is 0 Å². The van der Waals surface area contributed by atoms with Crippen molar-refractivity contribution in [2.75, 3.05) is 0 Å². The molecule has 68 valence electrons. The fraction of sp³-hybridized carbons (Fsp3) is 0.308. The summed E-state index contributed by atoms with van der Waals surface area (Å²) in [5, 5.41) is 0. The summed E-state index contributed by atoms with van der Waals surface area (Å²) in [6, 6.07) is 10.5. The van der Waals surface area contributed by atoms with E-state index in [9.17, 15) is 0 Å². The highest BCUT2D eigenvalue weighted by Gasteiger charge is 1.86. The van der Waals surface area contributed by atoms with E-state index in [0.717, 1.165) is 19.3 Å². The molecule has 0 nitrogen and oxygen atoms in total. The van der Waals surface area contributed by atoms with E-state index >= 15 is 0 Å². The van der Waals surface area contributed by atoms with E-state index in [1.54, 1.807) is 0 Å². The molecule has 0 bridgehead atoms. The van der Waals surface area contributed by atoms with Gasteiger partial charge in [0.15, 0.2) is 0 Å². The van der Waals surface area contributed by atoms with E-state index in [0.29, 0.717) is 0 Å². The van der Waals surface area contributed by atoms with Crippen molar-refractivity contribution in [3.05, 3.63) is 53.8 Å². The summed E-state index contributed by atoms with van der Waals surface area (Å²) < 4.78 is 0. The molecule has 1 aromatic rings. The number of hydrogen-bond donors (Lipinski definition) is 0. The lowest BCUT2D eigenvalue weighted by Gasteiger charge is -1.94. The van der Waals surface area contributed by atoms with Crippen LogP contribution in [0.3, 0.4) is 0 Å². The Kier molecular flexibility index (Phi) is 4.74. The molecular formula is C13H16. The molecule has 1 rings (SSSR count). The average molecular weight is 172 g/mol. The van der Waals surface area contributed by atoms with E-state index in [-0.39, 0.29) is 0 Å². The molecule has 0 N–H and O–H groups in total. The van der Waals surface area contributed by atoms with Crippen LogP contribution < -0.4 is 0 Å². The maximum Gasteiger partial charge on any atom is -0.0234 e.